The van der Waals surface area contributed by atoms with Crippen LogP contribution in [-0.2, 0) is 16.9 Å². The van der Waals surface area contributed by atoms with E-state index in [0.717, 1.165) is 31.4 Å². The second kappa shape index (κ2) is 6.45. The van der Waals surface area contributed by atoms with Crippen LogP contribution in [0.25, 0.3) is 0 Å². The number of carbonyl (C=O) groups excluding carboxylic acids is 1. The van der Waals surface area contributed by atoms with Gasteiger partial charge in [-0.1, -0.05) is 5.16 Å². The first-order valence-electron chi connectivity index (χ1n) is 7.74. The topological polar surface area (TPSA) is 90.1 Å². The van der Waals surface area contributed by atoms with Crippen molar-refractivity contribution in [3.8, 4) is 0 Å². The predicted octanol–water partition coefficient (Wildman–Crippen LogP) is 2.12. The fraction of sp³-hybridized carbons (Fsp3) is 0.500. The molecule has 1 N–H and O–H groups in total. The van der Waals surface area contributed by atoms with Crippen LogP contribution in [0.4, 0.5) is 0 Å². The van der Waals surface area contributed by atoms with E-state index in [0.29, 0.717) is 18.1 Å². The van der Waals surface area contributed by atoms with Crippen LogP contribution >= 0.6 is 0 Å². The molecule has 0 saturated carbocycles. The molecule has 1 fully saturated rings. The number of rotatable bonds is 4. The van der Waals surface area contributed by atoms with E-state index >= 15 is 0 Å². The van der Waals surface area contributed by atoms with Crippen LogP contribution in [0.2, 0.25) is 0 Å². The van der Waals surface area contributed by atoms with Gasteiger partial charge in [-0.05, 0) is 33.1 Å². The molecule has 1 saturated heterocycles. The van der Waals surface area contributed by atoms with Gasteiger partial charge in [0.25, 0.3) is 5.91 Å². The Morgan fingerprint density at radius 1 is 1.35 bits per heavy atom. The number of nitrogens with one attached hydrogen (secondary N) is 1. The van der Waals surface area contributed by atoms with Crippen molar-refractivity contribution < 1.29 is 14.1 Å². The molecule has 1 aliphatic heterocycles. The summed E-state index contributed by atoms with van der Waals surface area (Å²) in [6, 6.07) is 1.59. The summed E-state index contributed by atoms with van der Waals surface area (Å²) < 4.78 is 10.8. The van der Waals surface area contributed by atoms with Gasteiger partial charge in [0, 0.05) is 37.2 Å². The zero-order valence-electron chi connectivity index (χ0n) is 13.3. The second-order valence-corrected chi connectivity index (χ2v) is 5.97. The molecule has 0 aliphatic carbocycles. The Morgan fingerprint density at radius 3 is 2.74 bits per heavy atom. The Balaban J connectivity index is 1.60. The minimum Gasteiger partial charge on any atom is -0.367 e. The molecule has 7 nitrogen and oxygen atoms in total. The summed E-state index contributed by atoms with van der Waals surface area (Å²) in [6.45, 7) is 4.86. The van der Waals surface area contributed by atoms with Gasteiger partial charge in [-0.15, -0.1) is 0 Å². The number of nitrogens with zero attached hydrogens (tertiary/aromatic N) is 3. The molecule has 3 heterocycles. The summed E-state index contributed by atoms with van der Waals surface area (Å²) in [5.41, 5.74) is 1.08. The molecule has 0 bridgehead atoms. The van der Waals surface area contributed by atoms with Crippen molar-refractivity contribution >= 4 is 5.91 Å². The molecular weight excluding hydrogens is 296 g/mol. The van der Waals surface area contributed by atoms with E-state index in [1.54, 1.807) is 25.4 Å². The average molecular weight is 316 g/mol. The van der Waals surface area contributed by atoms with Crippen LogP contribution in [0.15, 0.2) is 23.0 Å². The lowest BCUT2D eigenvalue weighted by Gasteiger charge is -2.32. The Labute approximate surface area is 134 Å². The van der Waals surface area contributed by atoms with E-state index in [9.17, 15) is 4.79 Å². The summed E-state index contributed by atoms with van der Waals surface area (Å²) in [4.78, 5) is 20.7. The van der Waals surface area contributed by atoms with Gasteiger partial charge in [0.15, 0.2) is 5.82 Å². The molecule has 1 aliphatic rings. The molecule has 0 spiro atoms. The van der Waals surface area contributed by atoms with Gasteiger partial charge < -0.3 is 14.6 Å². The SMILES string of the molecule is Cc1cc(C(=O)NCc2cnc([C@]3(C)CCCCO3)nc2)on1. The van der Waals surface area contributed by atoms with Crippen molar-refractivity contribution in [2.45, 2.75) is 45.3 Å². The Kier molecular flexibility index (Phi) is 4.38. The molecule has 122 valence electrons. The smallest absolute Gasteiger partial charge is 0.290 e. The lowest BCUT2D eigenvalue weighted by molar-refractivity contribution is -0.0760. The highest BCUT2D eigenvalue weighted by Crippen LogP contribution is 2.32. The molecule has 3 rings (SSSR count). The van der Waals surface area contributed by atoms with Crippen molar-refractivity contribution in [1.82, 2.24) is 20.4 Å². The van der Waals surface area contributed by atoms with E-state index in [2.05, 4.69) is 20.4 Å². The number of ether oxygens (including phenoxy) is 1. The fourth-order valence-electron chi connectivity index (χ4n) is 2.57. The maximum atomic E-state index is 11.9. The third-order valence-corrected chi connectivity index (χ3v) is 3.95. The van der Waals surface area contributed by atoms with E-state index in [1.807, 2.05) is 6.92 Å². The van der Waals surface area contributed by atoms with Gasteiger partial charge in [0.2, 0.25) is 5.76 Å². The Hall–Kier alpha value is -2.28. The van der Waals surface area contributed by atoms with Crippen molar-refractivity contribution in [2.75, 3.05) is 6.61 Å². The van der Waals surface area contributed by atoms with Crippen LogP contribution in [0.5, 0.6) is 0 Å². The number of hydrogen-bond acceptors (Lipinski definition) is 6. The van der Waals surface area contributed by atoms with Gasteiger partial charge in [-0.25, -0.2) is 9.97 Å². The molecule has 7 heteroatoms. The second-order valence-electron chi connectivity index (χ2n) is 5.97. The molecule has 2 aromatic heterocycles. The van der Waals surface area contributed by atoms with Crippen LogP contribution in [0.1, 0.15) is 53.8 Å². The standard InChI is InChI=1S/C16H20N4O3/c1-11-7-13(23-20-11)14(21)17-8-12-9-18-15(19-10-12)16(2)5-3-4-6-22-16/h7,9-10H,3-6,8H2,1-2H3,(H,17,21)/t16-/m0/s1. The van der Waals surface area contributed by atoms with Crippen LogP contribution in [0, 0.1) is 6.92 Å². The average Bonchev–Trinajstić information content (AvgIpc) is 3.00. The molecule has 1 atom stereocenters. The lowest BCUT2D eigenvalue weighted by Crippen LogP contribution is -2.32. The molecule has 23 heavy (non-hydrogen) atoms. The van der Waals surface area contributed by atoms with Gasteiger partial charge in [0.05, 0.1) is 5.69 Å². The highest BCUT2D eigenvalue weighted by molar-refractivity contribution is 5.91. The van der Waals surface area contributed by atoms with Crippen molar-refractivity contribution in [3.05, 3.63) is 41.3 Å². The first-order chi connectivity index (χ1) is 11.1. The quantitative estimate of drug-likeness (QED) is 0.929. The summed E-state index contributed by atoms with van der Waals surface area (Å²) in [7, 11) is 0. The zero-order chi connectivity index (χ0) is 16.3. The maximum absolute atomic E-state index is 11.9. The summed E-state index contributed by atoms with van der Waals surface area (Å²) in [5, 5.41) is 6.44. The highest BCUT2D eigenvalue weighted by Gasteiger charge is 2.32. The lowest BCUT2D eigenvalue weighted by atomic mass is 9.95. The fourth-order valence-corrected chi connectivity index (χ4v) is 2.57. The molecular formula is C16H20N4O3. The van der Waals surface area contributed by atoms with Crippen molar-refractivity contribution in [1.29, 1.82) is 0 Å². The third kappa shape index (κ3) is 3.56. The molecule has 2 aromatic rings. The normalized spacial score (nSPS) is 21.1. The molecule has 0 radical (unpaired) electrons. The molecule has 0 aromatic carbocycles. The summed E-state index contributed by atoms with van der Waals surface area (Å²) >= 11 is 0. The van der Waals surface area contributed by atoms with Crippen LogP contribution in [0.3, 0.4) is 0 Å². The first kappa shape index (κ1) is 15.6. The molecule has 1 amide bonds. The first-order valence-corrected chi connectivity index (χ1v) is 7.74. The van der Waals surface area contributed by atoms with Crippen molar-refractivity contribution in [3.63, 3.8) is 0 Å². The number of hydrogen-bond donors (Lipinski definition) is 1. The third-order valence-electron chi connectivity index (χ3n) is 3.95. The largest absolute Gasteiger partial charge is 0.367 e. The Bertz CT molecular complexity index is 675. The van der Waals surface area contributed by atoms with Gasteiger partial charge in [0.1, 0.15) is 5.60 Å². The summed E-state index contributed by atoms with van der Waals surface area (Å²) in [5.74, 6) is 0.582. The zero-order valence-corrected chi connectivity index (χ0v) is 13.3. The Morgan fingerprint density at radius 2 is 2.13 bits per heavy atom. The number of aromatic nitrogens is 3. The van der Waals surface area contributed by atoms with Gasteiger partial charge in [-0.3, -0.25) is 4.79 Å². The van der Waals surface area contributed by atoms with E-state index in [4.69, 9.17) is 9.26 Å². The number of amides is 1. The van der Waals surface area contributed by atoms with E-state index < -0.39 is 5.60 Å². The van der Waals surface area contributed by atoms with Gasteiger partial charge in [-0.2, -0.15) is 0 Å². The number of carbonyl (C=O) groups is 1. The minimum absolute atomic E-state index is 0.197. The highest BCUT2D eigenvalue weighted by atomic mass is 16.5. The van der Waals surface area contributed by atoms with Crippen molar-refractivity contribution in [2.24, 2.45) is 0 Å². The van der Waals surface area contributed by atoms with Crippen LogP contribution < -0.4 is 5.32 Å². The number of aryl methyl sites for hydroxylation is 1. The molecule has 0 unspecified atom stereocenters. The van der Waals surface area contributed by atoms with Crippen LogP contribution in [-0.4, -0.2) is 27.6 Å². The van der Waals surface area contributed by atoms with E-state index in [-0.39, 0.29) is 11.7 Å². The maximum Gasteiger partial charge on any atom is 0.290 e. The van der Waals surface area contributed by atoms with Gasteiger partial charge >= 0.3 is 0 Å². The van der Waals surface area contributed by atoms with E-state index in [1.165, 1.54) is 0 Å². The predicted molar refractivity (Wildman–Crippen MR) is 81.6 cm³/mol. The minimum atomic E-state index is -0.405. The summed E-state index contributed by atoms with van der Waals surface area (Å²) in [6.07, 6.45) is 6.57. The monoisotopic (exact) mass is 316 g/mol.